The van der Waals surface area contributed by atoms with Gasteiger partial charge < -0.3 is 5.32 Å². The molecule has 0 spiro atoms. The summed E-state index contributed by atoms with van der Waals surface area (Å²) in [6.07, 6.45) is 0.393. The van der Waals surface area contributed by atoms with Crippen LogP contribution in [0.4, 0.5) is 0 Å². The molecular formula is C17H16ClN3O. The van der Waals surface area contributed by atoms with Crippen LogP contribution in [0.2, 0.25) is 5.02 Å². The Hall–Kier alpha value is -2.33. The average Bonchev–Trinajstić information content (AvgIpc) is 2.91. The summed E-state index contributed by atoms with van der Waals surface area (Å²) >= 11 is 6.14. The fourth-order valence-corrected chi connectivity index (χ4v) is 2.64. The number of amides is 1. The van der Waals surface area contributed by atoms with Crippen molar-refractivity contribution < 1.29 is 4.79 Å². The van der Waals surface area contributed by atoms with E-state index in [-0.39, 0.29) is 5.91 Å². The molecule has 112 valence electrons. The van der Waals surface area contributed by atoms with Gasteiger partial charge in [-0.1, -0.05) is 41.9 Å². The van der Waals surface area contributed by atoms with Crippen molar-refractivity contribution in [1.82, 2.24) is 15.1 Å². The zero-order valence-electron chi connectivity index (χ0n) is 12.2. The number of carbonyl (C=O) groups excluding carboxylic acids is 1. The quantitative estimate of drug-likeness (QED) is 0.801. The van der Waals surface area contributed by atoms with Crippen LogP contribution in [0.25, 0.3) is 22.2 Å². The van der Waals surface area contributed by atoms with Gasteiger partial charge in [-0.15, -0.1) is 0 Å². The molecule has 0 atom stereocenters. The number of aromatic nitrogens is 2. The lowest BCUT2D eigenvalue weighted by Gasteiger charge is -2.02. The summed E-state index contributed by atoms with van der Waals surface area (Å²) in [5.74, 6) is -0.00104. The van der Waals surface area contributed by atoms with E-state index in [4.69, 9.17) is 11.6 Å². The van der Waals surface area contributed by atoms with Crippen LogP contribution >= 0.6 is 11.6 Å². The molecule has 1 aromatic heterocycles. The van der Waals surface area contributed by atoms with E-state index < -0.39 is 0 Å². The molecule has 0 aliphatic rings. The average molecular weight is 314 g/mol. The third-order valence-corrected chi connectivity index (χ3v) is 3.82. The minimum atomic E-state index is -0.00104. The van der Waals surface area contributed by atoms with Gasteiger partial charge in [-0.25, -0.2) is 0 Å². The maximum Gasteiger partial charge on any atom is 0.221 e. The van der Waals surface area contributed by atoms with Crippen LogP contribution < -0.4 is 5.32 Å². The largest absolute Gasteiger partial charge is 0.359 e. The number of benzene rings is 2. The minimum Gasteiger partial charge on any atom is -0.359 e. The monoisotopic (exact) mass is 313 g/mol. The van der Waals surface area contributed by atoms with Gasteiger partial charge in [0, 0.05) is 29.4 Å². The molecule has 1 amide bonds. The number of carbonyl (C=O) groups is 1. The van der Waals surface area contributed by atoms with Gasteiger partial charge >= 0.3 is 0 Å². The molecule has 1 heterocycles. The maximum absolute atomic E-state index is 11.5. The van der Waals surface area contributed by atoms with Crippen molar-refractivity contribution in [2.75, 3.05) is 7.05 Å². The van der Waals surface area contributed by atoms with Crippen molar-refractivity contribution in [3.63, 3.8) is 0 Å². The number of nitrogens with zero attached hydrogens (tertiary/aromatic N) is 2. The van der Waals surface area contributed by atoms with E-state index in [0.717, 1.165) is 22.2 Å². The Morgan fingerprint density at radius 1 is 1.23 bits per heavy atom. The van der Waals surface area contributed by atoms with Crippen LogP contribution in [0.1, 0.15) is 6.42 Å². The Morgan fingerprint density at radius 3 is 2.73 bits per heavy atom. The molecule has 4 nitrogen and oxygen atoms in total. The second-order valence-electron chi connectivity index (χ2n) is 5.02. The smallest absolute Gasteiger partial charge is 0.221 e. The van der Waals surface area contributed by atoms with Crippen molar-refractivity contribution in [2.24, 2.45) is 0 Å². The van der Waals surface area contributed by atoms with Crippen molar-refractivity contribution in [3.05, 3.63) is 53.6 Å². The summed E-state index contributed by atoms with van der Waals surface area (Å²) in [5.41, 5.74) is 2.90. The van der Waals surface area contributed by atoms with Crippen LogP contribution in [0.5, 0.6) is 0 Å². The second-order valence-corrected chi connectivity index (χ2v) is 5.46. The summed E-state index contributed by atoms with van der Waals surface area (Å²) < 4.78 is 1.86. The number of aryl methyl sites for hydroxylation is 1. The van der Waals surface area contributed by atoms with E-state index in [0.29, 0.717) is 18.0 Å². The predicted molar refractivity (Wildman–Crippen MR) is 88.9 cm³/mol. The standard InChI is InChI=1S/C17H16ClN3O/c1-19-16(22)9-10-21-15-8-7-13(18)11-14(15)17(20-21)12-5-3-2-4-6-12/h2-8,11H,9-10H2,1H3,(H,19,22). The Morgan fingerprint density at radius 2 is 2.00 bits per heavy atom. The highest BCUT2D eigenvalue weighted by Crippen LogP contribution is 2.30. The SMILES string of the molecule is CNC(=O)CCn1nc(-c2ccccc2)c2cc(Cl)ccc21. The van der Waals surface area contributed by atoms with Crippen molar-refractivity contribution in [2.45, 2.75) is 13.0 Å². The topological polar surface area (TPSA) is 46.9 Å². The molecule has 2 aromatic carbocycles. The molecule has 1 N–H and O–H groups in total. The first-order valence-electron chi connectivity index (χ1n) is 7.11. The predicted octanol–water partition coefficient (Wildman–Crippen LogP) is 3.49. The summed E-state index contributed by atoms with van der Waals surface area (Å²) in [5, 5.41) is 8.99. The van der Waals surface area contributed by atoms with Crippen LogP contribution in [0.3, 0.4) is 0 Å². The summed E-state index contributed by atoms with van der Waals surface area (Å²) in [7, 11) is 1.64. The number of nitrogens with one attached hydrogen (secondary N) is 1. The van der Waals surface area contributed by atoms with Gasteiger partial charge in [0.05, 0.1) is 12.1 Å². The van der Waals surface area contributed by atoms with Crippen molar-refractivity contribution in [3.8, 4) is 11.3 Å². The van der Waals surface area contributed by atoms with Gasteiger partial charge in [0.15, 0.2) is 0 Å². The highest BCUT2D eigenvalue weighted by Gasteiger charge is 2.13. The van der Waals surface area contributed by atoms with Crippen LogP contribution in [-0.4, -0.2) is 22.7 Å². The first-order valence-corrected chi connectivity index (χ1v) is 7.49. The Kier molecular flexibility index (Phi) is 4.11. The lowest BCUT2D eigenvalue weighted by Crippen LogP contribution is -2.19. The van der Waals surface area contributed by atoms with E-state index in [1.165, 1.54) is 0 Å². The van der Waals surface area contributed by atoms with Crippen LogP contribution in [-0.2, 0) is 11.3 Å². The Bertz CT molecular complexity index is 811. The third kappa shape index (κ3) is 2.83. The van der Waals surface area contributed by atoms with Gasteiger partial charge in [-0.3, -0.25) is 9.48 Å². The molecule has 0 aliphatic heterocycles. The highest BCUT2D eigenvalue weighted by molar-refractivity contribution is 6.31. The number of fused-ring (bicyclic) bond motifs is 1. The van der Waals surface area contributed by atoms with Gasteiger partial charge in [-0.2, -0.15) is 5.10 Å². The first kappa shape index (κ1) is 14.6. The maximum atomic E-state index is 11.5. The highest BCUT2D eigenvalue weighted by atomic mass is 35.5. The lowest BCUT2D eigenvalue weighted by atomic mass is 10.1. The molecule has 0 fully saturated rings. The molecule has 5 heteroatoms. The van der Waals surface area contributed by atoms with Gasteiger partial charge in [0.25, 0.3) is 0 Å². The molecule has 0 unspecified atom stereocenters. The number of hydrogen-bond acceptors (Lipinski definition) is 2. The Labute approximate surface area is 133 Å². The fourth-order valence-electron chi connectivity index (χ4n) is 2.46. The van der Waals surface area contributed by atoms with Crippen molar-refractivity contribution in [1.29, 1.82) is 0 Å². The first-order chi connectivity index (χ1) is 10.7. The van der Waals surface area contributed by atoms with E-state index in [1.54, 1.807) is 7.05 Å². The van der Waals surface area contributed by atoms with E-state index in [2.05, 4.69) is 10.4 Å². The molecular weight excluding hydrogens is 298 g/mol. The fraction of sp³-hybridized carbons (Fsp3) is 0.176. The summed E-state index contributed by atoms with van der Waals surface area (Å²) in [6.45, 7) is 0.532. The molecule has 22 heavy (non-hydrogen) atoms. The van der Waals surface area contributed by atoms with Crippen molar-refractivity contribution >= 4 is 28.4 Å². The molecule has 3 rings (SSSR count). The Balaban J connectivity index is 2.08. The van der Waals surface area contributed by atoms with Gasteiger partial charge in [0.2, 0.25) is 5.91 Å². The molecule has 0 saturated carbocycles. The zero-order valence-corrected chi connectivity index (χ0v) is 13.0. The lowest BCUT2D eigenvalue weighted by molar-refractivity contribution is -0.120. The molecule has 0 aliphatic carbocycles. The normalized spacial score (nSPS) is 10.8. The summed E-state index contributed by atoms with van der Waals surface area (Å²) in [6, 6.07) is 15.7. The summed E-state index contributed by atoms with van der Waals surface area (Å²) in [4.78, 5) is 11.5. The number of rotatable bonds is 4. The van der Waals surface area contributed by atoms with Crippen LogP contribution in [0.15, 0.2) is 48.5 Å². The van der Waals surface area contributed by atoms with Crippen LogP contribution in [0, 0.1) is 0 Å². The second kappa shape index (κ2) is 6.20. The number of halogens is 1. The van der Waals surface area contributed by atoms with E-state index in [1.807, 2.05) is 53.2 Å². The van der Waals surface area contributed by atoms with E-state index in [9.17, 15) is 4.79 Å². The molecule has 0 radical (unpaired) electrons. The molecule has 0 bridgehead atoms. The minimum absolute atomic E-state index is 0.00104. The molecule has 0 saturated heterocycles. The zero-order chi connectivity index (χ0) is 15.5. The van der Waals surface area contributed by atoms with Gasteiger partial charge in [-0.05, 0) is 18.2 Å². The third-order valence-electron chi connectivity index (χ3n) is 3.59. The van der Waals surface area contributed by atoms with Gasteiger partial charge in [0.1, 0.15) is 5.69 Å². The number of hydrogen-bond donors (Lipinski definition) is 1. The molecule has 3 aromatic rings. The van der Waals surface area contributed by atoms with E-state index >= 15 is 0 Å².